The van der Waals surface area contributed by atoms with Crippen molar-refractivity contribution in [3.63, 3.8) is 0 Å². The Bertz CT molecular complexity index is 1260. The number of thiophene rings is 1. The van der Waals surface area contributed by atoms with Crippen molar-refractivity contribution >= 4 is 27.5 Å². The lowest BCUT2D eigenvalue weighted by Gasteiger charge is -2.13. The first-order chi connectivity index (χ1) is 15.1. The molecule has 0 radical (unpaired) electrons. The van der Waals surface area contributed by atoms with Gasteiger partial charge in [-0.05, 0) is 30.7 Å². The number of nitrogens with zero attached hydrogens (tertiary/aromatic N) is 2. The van der Waals surface area contributed by atoms with Crippen molar-refractivity contribution in [2.24, 2.45) is 0 Å². The van der Waals surface area contributed by atoms with Crippen LogP contribution in [0.2, 0.25) is 0 Å². The molecule has 0 spiro atoms. The van der Waals surface area contributed by atoms with Crippen molar-refractivity contribution in [2.75, 3.05) is 13.7 Å². The maximum atomic E-state index is 13.3. The second kappa shape index (κ2) is 9.01. The number of fused-ring (bicyclic) bond motifs is 1. The minimum absolute atomic E-state index is 0.0136. The Kier molecular flexibility index (Phi) is 5.99. The molecular formula is C23H20N2O5S. The predicted octanol–water partition coefficient (Wildman–Crippen LogP) is 4.30. The van der Waals surface area contributed by atoms with E-state index >= 15 is 0 Å². The molecule has 0 saturated heterocycles. The fourth-order valence-electron chi connectivity index (χ4n) is 3.28. The largest absolute Gasteiger partial charge is 0.497 e. The normalized spacial score (nSPS) is 10.9. The molecule has 0 aliphatic heterocycles. The molecule has 4 rings (SSSR count). The first kappa shape index (κ1) is 20.6. The number of ether oxygens (including phenoxy) is 2. The van der Waals surface area contributed by atoms with Gasteiger partial charge in [-0.25, -0.2) is 9.78 Å². The highest BCUT2D eigenvalue weighted by molar-refractivity contribution is 7.17. The van der Waals surface area contributed by atoms with Gasteiger partial charge < -0.3 is 14.6 Å². The molecule has 1 N–H and O–H groups in total. The SMILES string of the molecule is COc1ccc(OCCCn2c(-c3ccccc3)nc3scc(C(=O)O)c3c2=O)cc1. The zero-order valence-electron chi connectivity index (χ0n) is 16.8. The van der Waals surface area contributed by atoms with Gasteiger partial charge in [0.15, 0.2) is 0 Å². The summed E-state index contributed by atoms with van der Waals surface area (Å²) in [6.07, 6.45) is 0.547. The van der Waals surface area contributed by atoms with Crippen LogP contribution >= 0.6 is 11.3 Å². The molecule has 0 bridgehead atoms. The van der Waals surface area contributed by atoms with E-state index in [4.69, 9.17) is 9.47 Å². The van der Waals surface area contributed by atoms with Crippen LogP contribution in [0.25, 0.3) is 21.6 Å². The van der Waals surface area contributed by atoms with Crippen LogP contribution in [0.15, 0.2) is 64.8 Å². The number of carboxylic acid groups (broad SMARTS) is 1. The Morgan fingerprint density at radius 1 is 1.10 bits per heavy atom. The van der Waals surface area contributed by atoms with E-state index in [2.05, 4.69) is 4.98 Å². The van der Waals surface area contributed by atoms with Crippen molar-refractivity contribution in [3.05, 3.63) is 75.9 Å². The van der Waals surface area contributed by atoms with Crippen molar-refractivity contribution in [1.29, 1.82) is 0 Å². The number of carbonyl (C=O) groups is 1. The molecule has 0 atom stereocenters. The Morgan fingerprint density at radius 3 is 2.48 bits per heavy atom. The Labute approximate surface area is 182 Å². The van der Waals surface area contributed by atoms with Gasteiger partial charge >= 0.3 is 5.97 Å². The van der Waals surface area contributed by atoms with E-state index in [1.165, 1.54) is 9.95 Å². The molecule has 0 amide bonds. The van der Waals surface area contributed by atoms with Gasteiger partial charge in [0.2, 0.25) is 0 Å². The van der Waals surface area contributed by atoms with Crippen LogP contribution in [-0.4, -0.2) is 34.3 Å². The molecule has 2 aromatic carbocycles. The summed E-state index contributed by atoms with van der Waals surface area (Å²) in [7, 11) is 1.60. The van der Waals surface area contributed by atoms with E-state index in [-0.39, 0.29) is 16.5 Å². The summed E-state index contributed by atoms with van der Waals surface area (Å²) in [6, 6.07) is 16.7. The van der Waals surface area contributed by atoms with Crippen LogP contribution in [0.1, 0.15) is 16.8 Å². The molecule has 7 nitrogen and oxygen atoms in total. The standard InChI is InChI=1S/C23H20N2O5S/c1-29-16-8-10-17(11-9-16)30-13-5-12-25-20(15-6-3-2-4-7-15)24-21-19(22(25)26)18(14-31-21)23(27)28/h2-4,6-11,14H,5,12-13H2,1H3,(H,27,28). The average Bonchev–Trinajstić information content (AvgIpc) is 3.23. The molecule has 2 aromatic heterocycles. The summed E-state index contributed by atoms with van der Waals surface area (Å²) in [5.41, 5.74) is 0.426. The zero-order chi connectivity index (χ0) is 21.8. The van der Waals surface area contributed by atoms with Crippen molar-refractivity contribution in [3.8, 4) is 22.9 Å². The van der Waals surface area contributed by atoms with Gasteiger partial charge in [0.25, 0.3) is 5.56 Å². The number of hydrogen-bond donors (Lipinski definition) is 1. The maximum absolute atomic E-state index is 13.3. The highest BCUT2D eigenvalue weighted by Gasteiger charge is 2.20. The number of benzene rings is 2. The van der Waals surface area contributed by atoms with Gasteiger partial charge in [-0.2, -0.15) is 0 Å². The number of aromatic carboxylic acids is 1. The maximum Gasteiger partial charge on any atom is 0.337 e. The number of aromatic nitrogens is 2. The average molecular weight is 436 g/mol. The molecule has 31 heavy (non-hydrogen) atoms. The van der Waals surface area contributed by atoms with Gasteiger partial charge in [0.1, 0.15) is 22.2 Å². The lowest BCUT2D eigenvalue weighted by Crippen LogP contribution is -2.25. The smallest absolute Gasteiger partial charge is 0.337 e. The van der Waals surface area contributed by atoms with Crippen molar-refractivity contribution < 1.29 is 19.4 Å². The Balaban J connectivity index is 1.62. The van der Waals surface area contributed by atoms with E-state index in [0.717, 1.165) is 22.6 Å². The second-order valence-electron chi connectivity index (χ2n) is 6.77. The highest BCUT2D eigenvalue weighted by atomic mass is 32.1. The topological polar surface area (TPSA) is 90.7 Å². The molecule has 8 heteroatoms. The van der Waals surface area contributed by atoms with E-state index in [1.807, 2.05) is 54.6 Å². The third-order valence-electron chi connectivity index (χ3n) is 4.81. The number of rotatable bonds is 8. The molecule has 0 aliphatic rings. The van der Waals surface area contributed by atoms with Gasteiger partial charge in [0.05, 0.1) is 24.7 Å². The van der Waals surface area contributed by atoms with Crippen LogP contribution in [0.3, 0.4) is 0 Å². The minimum atomic E-state index is -1.13. The lowest BCUT2D eigenvalue weighted by molar-refractivity contribution is 0.0699. The fourth-order valence-corrected chi connectivity index (χ4v) is 4.18. The van der Waals surface area contributed by atoms with Crippen molar-refractivity contribution in [2.45, 2.75) is 13.0 Å². The molecule has 2 heterocycles. The van der Waals surface area contributed by atoms with Crippen LogP contribution in [0.4, 0.5) is 0 Å². The predicted molar refractivity (Wildman–Crippen MR) is 119 cm³/mol. The molecule has 0 fully saturated rings. The third kappa shape index (κ3) is 4.29. The number of methoxy groups -OCH3 is 1. The summed E-state index contributed by atoms with van der Waals surface area (Å²) in [5, 5.41) is 11.1. The second-order valence-corrected chi connectivity index (χ2v) is 7.63. The summed E-state index contributed by atoms with van der Waals surface area (Å²) >= 11 is 1.16. The summed E-state index contributed by atoms with van der Waals surface area (Å²) in [6.45, 7) is 0.734. The van der Waals surface area contributed by atoms with E-state index in [0.29, 0.717) is 36.0 Å². The van der Waals surface area contributed by atoms with Gasteiger partial charge in [0, 0.05) is 17.5 Å². The van der Waals surface area contributed by atoms with E-state index in [9.17, 15) is 14.7 Å². The quantitative estimate of drug-likeness (QED) is 0.414. The first-order valence-electron chi connectivity index (χ1n) is 9.66. The molecule has 0 unspecified atom stereocenters. The van der Waals surface area contributed by atoms with Crippen molar-refractivity contribution in [1.82, 2.24) is 9.55 Å². The van der Waals surface area contributed by atoms with E-state index in [1.54, 1.807) is 7.11 Å². The van der Waals surface area contributed by atoms with Crippen LogP contribution < -0.4 is 15.0 Å². The van der Waals surface area contributed by atoms with E-state index < -0.39 is 5.97 Å². The van der Waals surface area contributed by atoms with Crippen LogP contribution in [-0.2, 0) is 6.54 Å². The van der Waals surface area contributed by atoms with Gasteiger partial charge in [-0.1, -0.05) is 30.3 Å². The fraction of sp³-hybridized carbons (Fsp3) is 0.174. The summed E-state index contributed by atoms with van der Waals surface area (Å²) in [5.74, 6) is 0.833. The Hall–Kier alpha value is -3.65. The van der Waals surface area contributed by atoms with Crippen LogP contribution in [0.5, 0.6) is 11.5 Å². The van der Waals surface area contributed by atoms with Gasteiger partial charge in [-0.3, -0.25) is 9.36 Å². The first-order valence-corrected chi connectivity index (χ1v) is 10.5. The number of hydrogen-bond acceptors (Lipinski definition) is 6. The highest BCUT2D eigenvalue weighted by Crippen LogP contribution is 2.25. The lowest BCUT2D eigenvalue weighted by atomic mass is 10.2. The molecule has 0 saturated carbocycles. The molecule has 0 aliphatic carbocycles. The minimum Gasteiger partial charge on any atom is -0.497 e. The molecule has 158 valence electrons. The molecular weight excluding hydrogens is 416 g/mol. The number of carboxylic acids is 1. The van der Waals surface area contributed by atoms with Crippen LogP contribution in [0, 0.1) is 0 Å². The molecule has 4 aromatic rings. The monoisotopic (exact) mass is 436 g/mol. The zero-order valence-corrected chi connectivity index (χ0v) is 17.6. The Morgan fingerprint density at radius 2 is 1.81 bits per heavy atom. The third-order valence-corrected chi connectivity index (χ3v) is 5.68. The summed E-state index contributed by atoms with van der Waals surface area (Å²) in [4.78, 5) is 29.9. The van der Waals surface area contributed by atoms with Gasteiger partial charge in [-0.15, -0.1) is 11.3 Å². The summed E-state index contributed by atoms with van der Waals surface area (Å²) < 4.78 is 12.4.